The van der Waals surface area contributed by atoms with Gasteiger partial charge in [0, 0.05) is 12.2 Å². The fourth-order valence-corrected chi connectivity index (χ4v) is 2.10. The van der Waals surface area contributed by atoms with E-state index in [-0.39, 0.29) is 12.5 Å². The van der Waals surface area contributed by atoms with Crippen molar-refractivity contribution in [1.82, 2.24) is 5.32 Å². The van der Waals surface area contributed by atoms with Gasteiger partial charge in [0.1, 0.15) is 0 Å². The van der Waals surface area contributed by atoms with Crippen molar-refractivity contribution in [3.63, 3.8) is 0 Å². The topological polar surface area (TPSA) is 75.3 Å². The Morgan fingerprint density at radius 2 is 2.17 bits per heavy atom. The lowest BCUT2D eigenvalue weighted by Crippen LogP contribution is -2.33. The van der Waals surface area contributed by atoms with Gasteiger partial charge in [0.05, 0.1) is 16.1 Å². The number of nitrogen functional groups attached to an aromatic ring is 1. The summed E-state index contributed by atoms with van der Waals surface area (Å²) in [6.07, 6.45) is 0.145. The molecule has 4 nitrogen and oxygen atoms in total. The molecule has 1 rings (SSSR count). The van der Waals surface area contributed by atoms with Gasteiger partial charge in [-0.25, -0.2) is 0 Å². The second kappa shape index (κ2) is 6.75. The molecule has 0 radical (unpaired) electrons. The first-order valence-electron chi connectivity index (χ1n) is 5.92. The van der Waals surface area contributed by atoms with Gasteiger partial charge in [0.15, 0.2) is 0 Å². The molecule has 0 aliphatic carbocycles. The monoisotopic (exact) mass is 314 g/mol. The quantitative estimate of drug-likeness (QED) is 0.729. The standard InChI is InChI=1S/C13H19BrN2O2/c1-8(2)6-9(17)7-16-13(18)10-4-3-5-11(15)12(10)14/h3-5,8-9,17H,6-7,15H2,1-2H3,(H,16,18). The first-order valence-corrected chi connectivity index (χ1v) is 6.71. The second-order valence-electron chi connectivity index (χ2n) is 4.70. The van der Waals surface area contributed by atoms with E-state index in [0.29, 0.717) is 28.1 Å². The Labute approximate surface area is 116 Å². The first kappa shape index (κ1) is 15.0. The van der Waals surface area contributed by atoms with E-state index in [1.165, 1.54) is 0 Å². The van der Waals surface area contributed by atoms with Gasteiger partial charge in [0.2, 0.25) is 0 Å². The van der Waals surface area contributed by atoms with Crippen molar-refractivity contribution >= 4 is 27.5 Å². The summed E-state index contributed by atoms with van der Waals surface area (Å²) < 4.78 is 0.584. The van der Waals surface area contributed by atoms with Crippen LogP contribution < -0.4 is 11.1 Å². The minimum Gasteiger partial charge on any atom is -0.398 e. The van der Waals surface area contributed by atoms with Gasteiger partial charge >= 0.3 is 0 Å². The van der Waals surface area contributed by atoms with Gasteiger partial charge in [-0.1, -0.05) is 19.9 Å². The van der Waals surface area contributed by atoms with Gasteiger partial charge < -0.3 is 16.2 Å². The number of carbonyl (C=O) groups is 1. The zero-order valence-corrected chi connectivity index (χ0v) is 12.2. The van der Waals surface area contributed by atoms with E-state index in [0.717, 1.165) is 0 Å². The van der Waals surface area contributed by atoms with Gasteiger partial charge in [-0.3, -0.25) is 4.79 Å². The smallest absolute Gasteiger partial charge is 0.252 e. The number of benzene rings is 1. The third kappa shape index (κ3) is 4.31. The van der Waals surface area contributed by atoms with Crippen LogP contribution in [0.3, 0.4) is 0 Å². The van der Waals surface area contributed by atoms with Crippen LogP contribution in [0.4, 0.5) is 5.69 Å². The summed E-state index contributed by atoms with van der Waals surface area (Å²) in [5.41, 5.74) is 6.70. The third-order valence-electron chi connectivity index (χ3n) is 2.51. The van der Waals surface area contributed by atoms with Crippen molar-refractivity contribution in [2.45, 2.75) is 26.4 Å². The molecule has 0 saturated heterocycles. The maximum Gasteiger partial charge on any atom is 0.252 e. The average molecular weight is 315 g/mol. The molecule has 0 fully saturated rings. The Morgan fingerprint density at radius 3 is 2.78 bits per heavy atom. The number of rotatable bonds is 5. The summed E-state index contributed by atoms with van der Waals surface area (Å²) >= 11 is 3.28. The van der Waals surface area contributed by atoms with E-state index in [9.17, 15) is 9.90 Å². The van der Waals surface area contributed by atoms with Crippen LogP contribution in [0, 0.1) is 5.92 Å². The molecule has 100 valence electrons. The first-order chi connectivity index (χ1) is 8.41. The summed E-state index contributed by atoms with van der Waals surface area (Å²) in [4.78, 5) is 11.9. The number of nitrogens with one attached hydrogen (secondary N) is 1. The number of hydrogen-bond acceptors (Lipinski definition) is 3. The number of carbonyl (C=O) groups excluding carboxylic acids is 1. The van der Waals surface area contributed by atoms with E-state index in [4.69, 9.17) is 5.73 Å². The molecule has 0 bridgehead atoms. The minimum absolute atomic E-state index is 0.239. The fourth-order valence-electron chi connectivity index (χ4n) is 1.66. The molecule has 0 aliphatic heterocycles. The maximum atomic E-state index is 11.9. The van der Waals surface area contributed by atoms with E-state index in [1.54, 1.807) is 18.2 Å². The Bertz CT molecular complexity index is 421. The molecule has 1 aromatic carbocycles. The van der Waals surface area contributed by atoms with E-state index >= 15 is 0 Å². The number of halogens is 1. The number of hydrogen-bond donors (Lipinski definition) is 3. The number of nitrogens with two attached hydrogens (primary N) is 1. The van der Waals surface area contributed by atoms with Crippen LogP contribution in [0.25, 0.3) is 0 Å². The maximum absolute atomic E-state index is 11.9. The predicted molar refractivity (Wildman–Crippen MR) is 76.3 cm³/mol. The highest BCUT2D eigenvalue weighted by atomic mass is 79.9. The van der Waals surface area contributed by atoms with Crippen LogP contribution in [-0.2, 0) is 0 Å². The summed E-state index contributed by atoms with van der Waals surface area (Å²) in [7, 11) is 0. The molecule has 1 unspecified atom stereocenters. The molecule has 18 heavy (non-hydrogen) atoms. The zero-order chi connectivity index (χ0) is 13.7. The molecule has 0 heterocycles. The van der Waals surface area contributed by atoms with Crippen LogP contribution in [-0.4, -0.2) is 23.7 Å². The van der Waals surface area contributed by atoms with E-state index in [1.807, 2.05) is 13.8 Å². The van der Waals surface area contributed by atoms with Crippen molar-refractivity contribution in [3.8, 4) is 0 Å². The van der Waals surface area contributed by atoms with Crippen LogP contribution >= 0.6 is 15.9 Å². The Balaban J connectivity index is 2.58. The molecule has 1 amide bonds. The third-order valence-corrected chi connectivity index (χ3v) is 3.40. The Hall–Kier alpha value is -1.07. The zero-order valence-electron chi connectivity index (χ0n) is 10.6. The molecule has 0 spiro atoms. The molecular weight excluding hydrogens is 296 g/mol. The SMILES string of the molecule is CC(C)CC(O)CNC(=O)c1cccc(N)c1Br. The van der Waals surface area contributed by atoms with Gasteiger partial charge in [-0.05, 0) is 40.4 Å². The highest BCUT2D eigenvalue weighted by molar-refractivity contribution is 9.10. The average Bonchev–Trinajstić information content (AvgIpc) is 2.29. The van der Waals surface area contributed by atoms with Gasteiger partial charge in [0.25, 0.3) is 5.91 Å². The molecule has 0 aromatic heterocycles. The predicted octanol–water partition coefficient (Wildman–Crippen LogP) is 2.17. The highest BCUT2D eigenvalue weighted by Gasteiger charge is 2.13. The molecule has 0 aliphatic rings. The summed E-state index contributed by atoms with van der Waals surface area (Å²) in [5.74, 6) is 0.160. The van der Waals surface area contributed by atoms with Crippen LogP contribution in [0.1, 0.15) is 30.6 Å². The van der Waals surface area contributed by atoms with Crippen molar-refractivity contribution in [2.75, 3.05) is 12.3 Å². The number of aliphatic hydroxyl groups is 1. The van der Waals surface area contributed by atoms with Crippen molar-refractivity contribution in [3.05, 3.63) is 28.2 Å². The van der Waals surface area contributed by atoms with E-state index < -0.39 is 6.10 Å². The van der Waals surface area contributed by atoms with Crippen LogP contribution in [0.2, 0.25) is 0 Å². The highest BCUT2D eigenvalue weighted by Crippen LogP contribution is 2.23. The van der Waals surface area contributed by atoms with E-state index in [2.05, 4.69) is 21.2 Å². The molecule has 1 atom stereocenters. The minimum atomic E-state index is -0.520. The molecule has 1 aromatic rings. The molecule has 4 N–H and O–H groups in total. The summed E-state index contributed by atoms with van der Waals surface area (Å²) in [5, 5.41) is 12.4. The van der Waals surface area contributed by atoms with Crippen LogP contribution in [0.5, 0.6) is 0 Å². The Kier molecular flexibility index (Phi) is 5.62. The number of aliphatic hydroxyl groups excluding tert-OH is 1. The molecule has 5 heteroatoms. The summed E-state index contributed by atoms with van der Waals surface area (Å²) in [6.45, 7) is 4.30. The Morgan fingerprint density at radius 1 is 1.50 bits per heavy atom. The van der Waals surface area contributed by atoms with Crippen molar-refractivity contribution < 1.29 is 9.90 Å². The lowest BCUT2D eigenvalue weighted by atomic mass is 10.1. The van der Waals surface area contributed by atoms with Crippen molar-refractivity contribution in [1.29, 1.82) is 0 Å². The number of anilines is 1. The molecular formula is C13H19BrN2O2. The van der Waals surface area contributed by atoms with Crippen LogP contribution in [0.15, 0.2) is 22.7 Å². The molecule has 0 saturated carbocycles. The lowest BCUT2D eigenvalue weighted by Gasteiger charge is -2.14. The largest absolute Gasteiger partial charge is 0.398 e. The van der Waals surface area contributed by atoms with Gasteiger partial charge in [-0.15, -0.1) is 0 Å². The second-order valence-corrected chi connectivity index (χ2v) is 5.50. The fraction of sp³-hybridized carbons (Fsp3) is 0.462. The summed E-state index contributed by atoms with van der Waals surface area (Å²) in [6, 6.07) is 5.12. The lowest BCUT2D eigenvalue weighted by molar-refractivity contribution is 0.0899. The normalized spacial score (nSPS) is 12.5. The van der Waals surface area contributed by atoms with Crippen molar-refractivity contribution in [2.24, 2.45) is 5.92 Å². The van der Waals surface area contributed by atoms with Gasteiger partial charge in [-0.2, -0.15) is 0 Å². The number of amides is 1.